The number of benzene rings is 1. The molecule has 0 aliphatic carbocycles. The van der Waals surface area contributed by atoms with Crippen molar-refractivity contribution in [3.63, 3.8) is 0 Å². The minimum atomic E-state index is 0.103. The summed E-state index contributed by atoms with van der Waals surface area (Å²) >= 11 is 15.2. The summed E-state index contributed by atoms with van der Waals surface area (Å²) in [4.78, 5) is 1.33. The van der Waals surface area contributed by atoms with Gasteiger partial charge < -0.3 is 4.74 Å². The second-order valence-electron chi connectivity index (χ2n) is 3.86. The van der Waals surface area contributed by atoms with Gasteiger partial charge >= 0.3 is 0 Å². The first-order valence-electron chi connectivity index (χ1n) is 5.26. The zero-order chi connectivity index (χ0) is 13.3. The minimum absolute atomic E-state index is 0.103. The predicted molar refractivity (Wildman–Crippen MR) is 85.5 cm³/mol. The molecule has 0 aliphatic rings. The Morgan fingerprint density at radius 1 is 1.33 bits per heavy atom. The van der Waals surface area contributed by atoms with Gasteiger partial charge in [-0.15, -0.1) is 11.3 Å². The van der Waals surface area contributed by atoms with Gasteiger partial charge in [0.2, 0.25) is 0 Å². The van der Waals surface area contributed by atoms with Crippen molar-refractivity contribution >= 4 is 54.8 Å². The highest BCUT2D eigenvalue weighted by atomic mass is 79.9. The van der Waals surface area contributed by atoms with Crippen LogP contribution in [0.5, 0.6) is 5.75 Å². The van der Waals surface area contributed by atoms with E-state index in [1.165, 1.54) is 10.4 Å². The van der Waals surface area contributed by atoms with E-state index in [9.17, 15) is 0 Å². The van der Waals surface area contributed by atoms with Crippen molar-refractivity contribution in [1.82, 2.24) is 0 Å². The third-order valence-corrected chi connectivity index (χ3v) is 6.43. The first-order chi connectivity index (χ1) is 8.52. The van der Waals surface area contributed by atoms with Crippen LogP contribution in [0.2, 0.25) is 5.02 Å². The van der Waals surface area contributed by atoms with Crippen LogP contribution in [0.1, 0.15) is 20.8 Å². The standard InChI is InChI=1S/C13H11Br2ClOS/c1-7-5-11(18-13(7)15)12(14)9-4-3-8(17-2)6-10(9)16/h3-6,12H,1-2H3. The molecular weight excluding hydrogens is 399 g/mol. The summed E-state index contributed by atoms with van der Waals surface area (Å²) in [6.45, 7) is 2.08. The van der Waals surface area contributed by atoms with E-state index in [4.69, 9.17) is 16.3 Å². The molecule has 1 unspecified atom stereocenters. The molecule has 2 aromatic rings. The molecule has 96 valence electrons. The van der Waals surface area contributed by atoms with Gasteiger partial charge in [0.15, 0.2) is 0 Å². The normalized spacial score (nSPS) is 12.5. The summed E-state index contributed by atoms with van der Waals surface area (Å²) in [7, 11) is 1.64. The molecule has 0 radical (unpaired) electrons. The third kappa shape index (κ3) is 2.93. The SMILES string of the molecule is COc1ccc(C(Br)c2cc(C)c(Br)s2)c(Cl)c1. The number of hydrogen-bond acceptors (Lipinski definition) is 2. The average Bonchev–Trinajstić information content (AvgIpc) is 2.68. The molecule has 0 fully saturated rings. The molecule has 1 aromatic heterocycles. The van der Waals surface area contributed by atoms with E-state index in [1.54, 1.807) is 18.4 Å². The molecule has 0 saturated heterocycles. The highest BCUT2D eigenvalue weighted by Gasteiger charge is 2.17. The van der Waals surface area contributed by atoms with Crippen molar-refractivity contribution in [3.8, 4) is 5.75 Å². The third-order valence-electron chi connectivity index (χ3n) is 2.61. The first-order valence-corrected chi connectivity index (χ1v) is 8.16. The van der Waals surface area contributed by atoms with Gasteiger partial charge in [-0.3, -0.25) is 0 Å². The number of methoxy groups -OCH3 is 1. The predicted octanol–water partition coefficient (Wildman–Crippen LogP) is 5.97. The van der Waals surface area contributed by atoms with Crippen LogP contribution in [0.15, 0.2) is 28.1 Å². The van der Waals surface area contributed by atoms with Crippen LogP contribution in [0.4, 0.5) is 0 Å². The van der Waals surface area contributed by atoms with E-state index in [0.717, 1.165) is 15.1 Å². The van der Waals surface area contributed by atoms with Gasteiger partial charge in [0, 0.05) is 9.90 Å². The maximum atomic E-state index is 6.28. The average molecular weight is 411 g/mol. The van der Waals surface area contributed by atoms with Crippen LogP contribution < -0.4 is 4.74 Å². The van der Waals surface area contributed by atoms with E-state index < -0.39 is 0 Å². The van der Waals surface area contributed by atoms with Gasteiger partial charge in [0.25, 0.3) is 0 Å². The van der Waals surface area contributed by atoms with E-state index in [-0.39, 0.29) is 4.83 Å². The monoisotopic (exact) mass is 408 g/mol. The minimum Gasteiger partial charge on any atom is -0.497 e. The largest absolute Gasteiger partial charge is 0.497 e. The van der Waals surface area contributed by atoms with E-state index >= 15 is 0 Å². The number of aryl methyl sites for hydroxylation is 1. The molecule has 0 aliphatic heterocycles. The number of rotatable bonds is 3. The Bertz CT molecular complexity index is 549. The molecule has 0 N–H and O–H groups in total. The lowest BCUT2D eigenvalue weighted by Crippen LogP contribution is -1.92. The lowest BCUT2D eigenvalue weighted by Gasteiger charge is -2.11. The molecule has 2 rings (SSSR count). The Kier molecular flexibility index (Phi) is 4.75. The van der Waals surface area contributed by atoms with Crippen LogP contribution in [0.25, 0.3) is 0 Å². The molecule has 0 bridgehead atoms. The zero-order valence-corrected chi connectivity index (χ0v) is 14.6. The van der Waals surface area contributed by atoms with Crippen LogP contribution >= 0.6 is 54.8 Å². The van der Waals surface area contributed by atoms with Gasteiger partial charge in [-0.2, -0.15) is 0 Å². The Labute approximate surface area is 132 Å². The number of halogens is 3. The fourth-order valence-electron chi connectivity index (χ4n) is 1.60. The first kappa shape index (κ1) is 14.4. The smallest absolute Gasteiger partial charge is 0.120 e. The number of thiophene rings is 1. The van der Waals surface area contributed by atoms with Crippen molar-refractivity contribution < 1.29 is 4.74 Å². The van der Waals surface area contributed by atoms with Crippen LogP contribution in [0.3, 0.4) is 0 Å². The van der Waals surface area contributed by atoms with Crippen LogP contribution in [-0.4, -0.2) is 7.11 Å². The Hall–Kier alpha value is -0.0300. The van der Waals surface area contributed by atoms with E-state index in [2.05, 4.69) is 44.8 Å². The van der Waals surface area contributed by atoms with Gasteiger partial charge in [-0.1, -0.05) is 33.6 Å². The molecular formula is C13H11Br2ClOS. The fourth-order valence-corrected chi connectivity index (χ4v) is 4.39. The Balaban J connectivity index is 2.36. The number of hydrogen-bond donors (Lipinski definition) is 0. The highest BCUT2D eigenvalue weighted by molar-refractivity contribution is 9.11. The summed E-state index contributed by atoms with van der Waals surface area (Å²) in [6, 6.07) is 7.91. The molecule has 1 heterocycles. The number of ether oxygens (including phenoxy) is 1. The summed E-state index contributed by atoms with van der Waals surface area (Å²) in [5, 5.41) is 0.707. The second kappa shape index (κ2) is 5.95. The van der Waals surface area contributed by atoms with Gasteiger partial charge in [0.05, 0.1) is 15.7 Å². The molecule has 5 heteroatoms. The quantitative estimate of drug-likeness (QED) is 0.567. The molecule has 0 spiro atoms. The van der Waals surface area contributed by atoms with Crippen molar-refractivity contribution in [2.45, 2.75) is 11.8 Å². The van der Waals surface area contributed by atoms with Gasteiger partial charge in [0.1, 0.15) is 5.75 Å². The Morgan fingerprint density at radius 3 is 2.56 bits per heavy atom. The number of alkyl halides is 1. The van der Waals surface area contributed by atoms with Crippen molar-refractivity contribution in [2.24, 2.45) is 0 Å². The van der Waals surface area contributed by atoms with E-state index in [1.807, 2.05) is 18.2 Å². The van der Waals surface area contributed by atoms with Crippen molar-refractivity contribution in [2.75, 3.05) is 7.11 Å². The lowest BCUT2D eigenvalue weighted by molar-refractivity contribution is 0.414. The van der Waals surface area contributed by atoms with Crippen molar-refractivity contribution in [1.29, 1.82) is 0 Å². The van der Waals surface area contributed by atoms with Crippen molar-refractivity contribution in [3.05, 3.63) is 49.1 Å². The molecule has 1 aromatic carbocycles. The molecule has 0 saturated carbocycles. The maximum absolute atomic E-state index is 6.28. The van der Waals surface area contributed by atoms with Gasteiger partial charge in [-0.25, -0.2) is 0 Å². The summed E-state index contributed by atoms with van der Waals surface area (Å²) in [5.41, 5.74) is 2.29. The molecule has 18 heavy (non-hydrogen) atoms. The second-order valence-corrected chi connectivity index (χ2v) is 7.58. The fraction of sp³-hybridized carbons (Fsp3) is 0.231. The summed E-state index contributed by atoms with van der Waals surface area (Å²) in [6.07, 6.45) is 0. The lowest BCUT2D eigenvalue weighted by atomic mass is 10.1. The van der Waals surface area contributed by atoms with Gasteiger partial charge in [-0.05, 0) is 52.2 Å². The van der Waals surface area contributed by atoms with Crippen LogP contribution in [0, 0.1) is 6.92 Å². The summed E-state index contributed by atoms with van der Waals surface area (Å²) < 4.78 is 6.31. The molecule has 1 atom stereocenters. The topological polar surface area (TPSA) is 9.23 Å². The summed E-state index contributed by atoms with van der Waals surface area (Å²) in [5.74, 6) is 0.770. The van der Waals surface area contributed by atoms with E-state index in [0.29, 0.717) is 5.02 Å². The van der Waals surface area contributed by atoms with Crippen LogP contribution in [-0.2, 0) is 0 Å². The highest BCUT2D eigenvalue weighted by Crippen LogP contribution is 2.42. The maximum Gasteiger partial charge on any atom is 0.120 e. The molecule has 0 amide bonds. The Morgan fingerprint density at radius 2 is 2.06 bits per heavy atom. The molecule has 1 nitrogen and oxygen atoms in total. The zero-order valence-electron chi connectivity index (χ0n) is 9.84.